The molecule has 160 valence electrons. The highest BCUT2D eigenvalue weighted by molar-refractivity contribution is 5.60. The van der Waals surface area contributed by atoms with Crippen LogP contribution >= 0.6 is 0 Å². The number of hydrogen-bond donors (Lipinski definition) is 1. The Labute approximate surface area is 177 Å². The minimum absolute atomic E-state index is 0.00874. The minimum atomic E-state index is -3.65. The first-order valence-electron chi connectivity index (χ1n) is 10.5. The number of ether oxygens (including phenoxy) is 2. The van der Waals surface area contributed by atoms with Gasteiger partial charge in [0.1, 0.15) is 0 Å². The molecular weight excluding hydrogens is 404 g/mol. The number of halogens is 2. The number of alkyl halides is 2. The molecule has 1 aromatic heterocycles. The van der Waals surface area contributed by atoms with E-state index in [-0.39, 0.29) is 22.8 Å². The molecule has 0 amide bonds. The molecule has 3 aliphatic rings. The van der Waals surface area contributed by atoms with E-state index in [1.165, 1.54) is 17.7 Å². The number of nitrogens with zero attached hydrogens (tertiary/aromatic N) is 2. The monoisotopic (exact) mass is 425 g/mol. The Morgan fingerprint density at radius 2 is 1.84 bits per heavy atom. The van der Waals surface area contributed by atoms with Crippen LogP contribution in [0.1, 0.15) is 43.0 Å². The molecule has 8 heteroatoms. The molecule has 6 nitrogen and oxygen atoms in total. The molecule has 2 unspecified atom stereocenters. The minimum Gasteiger partial charge on any atom is -0.395 e. The predicted molar refractivity (Wildman–Crippen MR) is 107 cm³/mol. The Morgan fingerprint density at radius 1 is 1.03 bits per heavy atom. The van der Waals surface area contributed by atoms with Gasteiger partial charge in [-0.15, -0.1) is 8.78 Å². The van der Waals surface area contributed by atoms with Gasteiger partial charge in [0, 0.05) is 29.5 Å². The van der Waals surface area contributed by atoms with Crippen molar-refractivity contribution in [1.29, 1.82) is 0 Å². The predicted octanol–water partition coefficient (Wildman–Crippen LogP) is 4.63. The summed E-state index contributed by atoms with van der Waals surface area (Å²) >= 11 is 0. The van der Waals surface area contributed by atoms with Crippen molar-refractivity contribution in [2.24, 2.45) is 0 Å². The maximum atomic E-state index is 13.3. The van der Waals surface area contributed by atoms with Crippen molar-refractivity contribution in [3.8, 4) is 23.0 Å². The summed E-state index contributed by atoms with van der Waals surface area (Å²) in [5.74, 6) is 1.47. The number of aromatic nitrogens is 2. The third-order valence-corrected chi connectivity index (χ3v) is 6.58. The summed E-state index contributed by atoms with van der Waals surface area (Å²) in [6.45, 7) is 0.799. The zero-order valence-corrected chi connectivity index (χ0v) is 16.7. The molecule has 0 spiro atoms. The first-order valence-corrected chi connectivity index (χ1v) is 10.5. The van der Waals surface area contributed by atoms with Gasteiger partial charge in [-0.3, -0.25) is 0 Å². The van der Waals surface area contributed by atoms with Gasteiger partial charge in [-0.1, -0.05) is 41.9 Å². The number of nitrogens with one attached hydrogen (secondary N) is 1. The molecule has 6 rings (SSSR count). The molecule has 0 saturated heterocycles. The van der Waals surface area contributed by atoms with Crippen LogP contribution in [0, 0.1) is 0 Å². The van der Waals surface area contributed by atoms with Crippen molar-refractivity contribution in [2.75, 3.05) is 6.54 Å². The zero-order chi connectivity index (χ0) is 21.1. The normalized spacial score (nSPS) is 24.6. The number of benzene rings is 2. The Kier molecular flexibility index (Phi) is 4.08. The van der Waals surface area contributed by atoms with Crippen molar-refractivity contribution in [3.63, 3.8) is 0 Å². The fraction of sp³-hybridized carbons (Fsp3) is 0.391. The third kappa shape index (κ3) is 3.35. The van der Waals surface area contributed by atoms with Gasteiger partial charge < -0.3 is 19.3 Å². The molecule has 0 bridgehead atoms. The van der Waals surface area contributed by atoms with Crippen LogP contribution in [0.15, 0.2) is 53.1 Å². The summed E-state index contributed by atoms with van der Waals surface area (Å²) in [5.41, 5.74) is 1.75. The lowest BCUT2D eigenvalue weighted by Crippen LogP contribution is -2.45. The molecule has 2 aromatic carbocycles. The second-order valence-electron chi connectivity index (χ2n) is 8.63. The maximum Gasteiger partial charge on any atom is 0.586 e. The van der Waals surface area contributed by atoms with Crippen LogP contribution < -0.4 is 14.8 Å². The van der Waals surface area contributed by atoms with Gasteiger partial charge in [0.25, 0.3) is 5.89 Å². The van der Waals surface area contributed by atoms with Crippen LogP contribution in [0.5, 0.6) is 11.5 Å². The lowest BCUT2D eigenvalue weighted by molar-refractivity contribution is -0.286. The van der Waals surface area contributed by atoms with E-state index in [2.05, 4.69) is 49.2 Å². The average Bonchev–Trinajstić information content (AvgIpc) is 3.20. The molecule has 1 N–H and O–H groups in total. The van der Waals surface area contributed by atoms with Gasteiger partial charge in [0.2, 0.25) is 0 Å². The number of hydrogen-bond acceptors (Lipinski definition) is 6. The molecule has 3 aromatic rings. The van der Waals surface area contributed by atoms with Crippen molar-refractivity contribution in [3.05, 3.63) is 59.9 Å². The fourth-order valence-corrected chi connectivity index (χ4v) is 4.54. The van der Waals surface area contributed by atoms with Crippen LogP contribution in [-0.4, -0.2) is 29.0 Å². The lowest BCUT2D eigenvalue weighted by atomic mass is 9.68. The van der Waals surface area contributed by atoms with Crippen LogP contribution in [0.2, 0.25) is 0 Å². The van der Waals surface area contributed by atoms with Crippen molar-refractivity contribution < 1.29 is 22.8 Å². The van der Waals surface area contributed by atoms with E-state index in [1.54, 1.807) is 6.07 Å². The summed E-state index contributed by atoms with van der Waals surface area (Å²) in [4.78, 5) is 4.61. The van der Waals surface area contributed by atoms with E-state index < -0.39 is 6.29 Å². The summed E-state index contributed by atoms with van der Waals surface area (Å²) in [5, 5.41) is 7.94. The van der Waals surface area contributed by atoms with Gasteiger partial charge in [-0.25, -0.2) is 0 Å². The Morgan fingerprint density at radius 3 is 2.61 bits per heavy atom. The molecule has 0 radical (unpaired) electrons. The summed E-state index contributed by atoms with van der Waals surface area (Å²) in [6, 6.07) is 15.5. The highest BCUT2D eigenvalue weighted by Crippen LogP contribution is 2.46. The van der Waals surface area contributed by atoms with Gasteiger partial charge in [0.15, 0.2) is 17.3 Å². The molecule has 2 fully saturated rings. The van der Waals surface area contributed by atoms with Crippen molar-refractivity contribution in [2.45, 2.75) is 49.4 Å². The first-order chi connectivity index (χ1) is 15.0. The van der Waals surface area contributed by atoms with E-state index in [0.29, 0.717) is 23.3 Å². The fourth-order valence-electron chi connectivity index (χ4n) is 4.54. The zero-order valence-electron chi connectivity index (χ0n) is 16.7. The van der Waals surface area contributed by atoms with E-state index in [4.69, 9.17) is 4.52 Å². The molecule has 31 heavy (non-hydrogen) atoms. The molecular formula is C23H21F2N3O3. The van der Waals surface area contributed by atoms with Gasteiger partial charge in [-0.05, 0) is 43.0 Å². The molecule has 2 atom stereocenters. The Balaban J connectivity index is 1.16. The highest BCUT2D eigenvalue weighted by atomic mass is 19.3. The van der Waals surface area contributed by atoms with Crippen molar-refractivity contribution >= 4 is 0 Å². The van der Waals surface area contributed by atoms with Crippen LogP contribution in [0.4, 0.5) is 8.78 Å². The second-order valence-corrected chi connectivity index (χ2v) is 8.63. The van der Waals surface area contributed by atoms with E-state index in [9.17, 15) is 8.78 Å². The van der Waals surface area contributed by atoms with E-state index in [0.717, 1.165) is 32.2 Å². The molecule has 1 aliphatic heterocycles. The average molecular weight is 425 g/mol. The van der Waals surface area contributed by atoms with Crippen molar-refractivity contribution in [1.82, 2.24) is 15.5 Å². The lowest BCUT2D eigenvalue weighted by Gasteiger charge is -2.39. The quantitative estimate of drug-likeness (QED) is 0.621. The second kappa shape index (κ2) is 6.75. The largest absolute Gasteiger partial charge is 0.586 e. The van der Waals surface area contributed by atoms with Gasteiger partial charge >= 0.3 is 6.29 Å². The van der Waals surface area contributed by atoms with Crippen LogP contribution in [-0.2, 0) is 5.41 Å². The number of rotatable bonds is 6. The molecule has 2 heterocycles. The number of fused-ring (bicyclic) bond motifs is 1. The highest BCUT2D eigenvalue weighted by Gasteiger charge is 2.46. The smallest absolute Gasteiger partial charge is 0.395 e. The van der Waals surface area contributed by atoms with E-state index >= 15 is 0 Å². The standard InChI is InChI=1S/C23H21F2N3O3/c24-23(25)29-18-8-7-15(11-19(18)30-23)20-27-21(28-31-20)22(9-4-10-22)13-26-17-12-16(17)14-5-2-1-3-6-14/h1-3,5-8,11,16-17,26H,4,9-10,12-13H2. The molecule has 2 aliphatic carbocycles. The Bertz CT molecular complexity index is 1110. The SMILES string of the molecule is FC1(F)Oc2ccc(-c3nc(C4(CNC5CC5c5ccccc5)CCC4)no3)cc2O1. The first kappa shape index (κ1) is 18.7. The Hall–Kier alpha value is -3.00. The topological polar surface area (TPSA) is 69.4 Å². The summed E-state index contributed by atoms with van der Waals surface area (Å²) in [7, 11) is 0. The van der Waals surface area contributed by atoms with Gasteiger partial charge in [-0.2, -0.15) is 4.98 Å². The van der Waals surface area contributed by atoms with E-state index in [1.807, 2.05) is 6.07 Å². The maximum absolute atomic E-state index is 13.3. The van der Waals surface area contributed by atoms with Crippen LogP contribution in [0.25, 0.3) is 11.5 Å². The van der Waals surface area contributed by atoms with Gasteiger partial charge in [0.05, 0.1) is 0 Å². The summed E-state index contributed by atoms with van der Waals surface area (Å²) < 4.78 is 41.0. The summed E-state index contributed by atoms with van der Waals surface area (Å²) in [6.07, 6.45) is 0.601. The van der Waals surface area contributed by atoms with Crippen LogP contribution in [0.3, 0.4) is 0 Å². The molecule has 2 saturated carbocycles. The third-order valence-electron chi connectivity index (χ3n) is 6.58.